The maximum Gasteiger partial charge on any atom is 0.191 e. The maximum atomic E-state index is 13.5. The van der Waals surface area contributed by atoms with E-state index in [0.717, 1.165) is 19.3 Å². The van der Waals surface area contributed by atoms with Crippen LogP contribution in [0.5, 0.6) is 0 Å². The fraction of sp³-hybridized carbons (Fsp3) is 0.250. The fourth-order valence-corrected chi connectivity index (χ4v) is 1.78. The molecule has 15 heavy (non-hydrogen) atoms. The van der Waals surface area contributed by atoms with Crippen molar-refractivity contribution >= 4 is 11.5 Å². The lowest BCUT2D eigenvalue weighted by molar-refractivity contribution is 0.102. The average Bonchev–Trinajstić information content (AvgIpc) is 2.74. The highest BCUT2D eigenvalue weighted by Crippen LogP contribution is 2.24. The van der Waals surface area contributed by atoms with Crippen LogP contribution >= 0.6 is 0 Å². The molecule has 0 amide bonds. The Morgan fingerprint density at radius 1 is 1.40 bits per heavy atom. The van der Waals surface area contributed by atoms with Crippen LogP contribution in [0, 0.1) is 5.82 Å². The number of rotatable bonds is 2. The molecule has 0 radical (unpaired) electrons. The standard InChI is InChI=1S/C12H12FNO/c13-11-9(6-3-7-10(11)14)12(15)8-4-1-2-5-8/h3-4,6-7H,1-2,5,14H2. The third-order valence-corrected chi connectivity index (χ3v) is 2.61. The number of halogens is 1. The van der Waals surface area contributed by atoms with E-state index >= 15 is 0 Å². The lowest BCUT2D eigenvalue weighted by Crippen LogP contribution is -2.06. The predicted molar refractivity (Wildman–Crippen MR) is 57.1 cm³/mol. The van der Waals surface area contributed by atoms with E-state index in [1.54, 1.807) is 6.07 Å². The lowest BCUT2D eigenvalue weighted by Gasteiger charge is -2.04. The number of nitrogens with two attached hydrogens (primary N) is 1. The molecule has 0 bridgehead atoms. The van der Waals surface area contributed by atoms with Crippen LogP contribution in [0.1, 0.15) is 29.6 Å². The summed E-state index contributed by atoms with van der Waals surface area (Å²) in [7, 11) is 0. The molecule has 2 rings (SSSR count). The van der Waals surface area contributed by atoms with Gasteiger partial charge >= 0.3 is 0 Å². The van der Waals surface area contributed by atoms with Crippen molar-refractivity contribution in [2.24, 2.45) is 0 Å². The van der Waals surface area contributed by atoms with Gasteiger partial charge in [0.15, 0.2) is 11.6 Å². The number of carbonyl (C=O) groups is 1. The van der Waals surface area contributed by atoms with Crippen LogP contribution in [0.2, 0.25) is 0 Å². The molecule has 0 unspecified atom stereocenters. The van der Waals surface area contributed by atoms with E-state index in [9.17, 15) is 9.18 Å². The minimum absolute atomic E-state index is 0.0273. The molecule has 1 aromatic rings. The van der Waals surface area contributed by atoms with Crippen molar-refractivity contribution in [1.82, 2.24) is 0 Å². The van der Waals surface area contributed by atoms with Gasteiger partial charge in [-0.25, -0.2) is 4.39 Å². The van der Waals surface area contributed by atoms with Gasteiger partial charge in [-0.05, 0) is 37.0 Å². The molecule has 1 aliphatic carbocycles. The maximum absolute atomic E-state index is 13.5. The molecule has 0 atom stereocenters. The number of hydrogen-bond acceptors (Lipinski definition) is 2. The minimum atomic E-state index is -0.602. The van der Waals surface area contributed by atoms with Crippen LogP contribution < -0.4 is 5.73 Å². The molecule has 0 heterocycles. The zero-order valence-corrected chi connectivity index (χ0v) is 8.29. The van der Waals surface area contributed by atoms with Gasteiger partial charge in [-0.15, -0.1) is 0 Å². The fourth-order valence-electron chi connectivity index (χ4n) is 1.78. The first-order valence-corrected chi connectivity index (χ1v) is 4.98. The number of ketones is 1. The molecule has 0 aromatic heterocycles. The third kappa shape index (κ3) is 1.77. The molecule has 0 spiro atoms. The summed E-state index contributed by atoms with van der Waals surface area (Å²) in [5.74, 6) is -0.826. The molecular formula is C12H12FNO. The highest BCUT2D eigenvalue weighted by Gasteiger charge is 2.19. The van der Waals surface area contributed by atoms with Gasteiger partial charge < -0.3 is 5.73 Å². The molecule has 3 heteroatoms. The van der Waals surface area contributed by atoms with Crippen molar-refractivity contribution in [3.8, 4) is 0 Å². The SMILES string of the molecule is Nc1cccc(C(=O)C2=CCCC2)c1F. The van der Waals surface area contributed by atoms with E-state index in [-0.39, 0.29) is 17.0 Å². The molecule has 0 saturated carbocycles. The van der Waals surface area contributed by atoms with E-state index in [1.807, 2.05) is 6.08 Å². The van der Waals surface area contributed by atoms with Gasteiger partial charge in [0, 0.05) is 0 Å². The second-order valence-corrected chi connectivity index (χ2v) is 3.66. The molecular weight excluding hydrogens is 193 g/mol. The van der Waals surface area contributed by atoms with Gasteiger partial charge in [0.25, 0.3) is 0 Å². The predicted octanol–water partition coefficient (Wildman–Crippen LogP) is 2.70. The molecule has 0 aliphatic heterocycles. The second-order valence-electron chi connectivity index (χ2n) is 3.66. The first kappa shape index (κ1) is 9.90. The number of anilines is 1. The van der Waals surface area contributed by atoms with Crippen molar-refractivity contribution in [1.29, 1.82) is 0 Å². The smallest absolute Gasteiger partial charge is 0.191 e. The highest BCUT2D eigenvalue weighted by molar-refractivity contribution is 6.09. The zero-order valence-electron chi connectivity index (χ0n) is 8.29. The molecule has 78 valence electrons. The Kier molecular flexibility index (Phi) is 2.54. The number of benzene rings is 1. The third-order valence-electron chi connectivity index (χ3n) is 2.61. The number of carbonyl (C=O) groups excluding carboxylic acids is 1. The Morgan fingerprint density at radius 2 is 2.20 bits per heavy atom. The Morgan fingerprint density at radius 3 is 2.87 bits per heavy atom. The lowest BCUT2D eigenvalue weighted by atomic mass is 10.0. The van der Waals surface area contributed by atoms with Crippen LogP contribution in [0.4, 0.5) is 10.1 Å². The molecule has 2 nitrogen and oxygen atoms in total. The van der Waals surface area contributed by atoms with Crippen molar-refractivity contribution in [3.63, 3.8) is 0 Å². The summed E-state index contributed by atoms with van der Waals surface area (Å²) in [5, 5.41) is 0. The van der Waals surface area contributed by atoms with Gasteiger partial charge in [-0.1, -0.05) is 12.1 Å². The number of hydrogen-bond donors (Lipinski definition) is 1. The second kappa shape index (κ2) is 3.85. The minimum Gasteiger partial charge on any atom is -0.396 e. The summed E-state index contributed by atoms with van der Waals surface area (Å²) in [6.45, 7) is 0. The zero-order chi connectivity index (χ0) is 10.8. The first-order chi connectivity index (χ1) is 7.20. The topological polar surface area (TPSA) is 43.1 Å². The average molecular weight is 205 g/mol. The summed E-state index contributed by atoms with van der Waals surface area (Å²) >= 11 is 0. The normalized spacial score (nSPS) is 15.1. The molecule has 0 fully saturated rings. The largest absolute Gasteiger partial charge is 0.396 e. The van der Waals surface area contributed by atoms with Crippen LogP contribution in [0.15, 0.2) is 29.8 Å². The van der Waals surface area contributed by atoms with Gasteiger partial charge in [-0.2, -0.15) is 0 Å². The van der Waals surface area contributed by atoms with E-state index in [4.69, 9.17) is 5.73 Å². The summed E-state index contributed by atoms with van der Waals surface area (Å²) in [6, 6.07) is 4.53. The Labute approximate surface area is 87.6 Å². The Hall–Kier alpha value is -1.64. The van der Waals surface area contributed by atoms with Crippen LogP contribution in [0.25, 0.3) is 0 Å². The first-order valence-electron chi connectivity index (χ1n) is 4.98. The van der Waals surface area contributed by atoms with Gasteiger partial charge in [-0.3, -0.25) is 4.79 Å². The molecule has 2 N–H and O–H groups in total. The van der Waals surface area contributed by atoms with E-state index in [1.165, 1.54) is 12.1 Å². The van der Waals surface area contributed by atoms with Gasteiger partial charge in [0.1, 0.15) is 0 Å². The summed E-state index contributed by atoms with van der Waals surface area (Å²) in [4.78, 5) is 11.9. The molecule has 1 aliphatic rings. The Bertz CT molecular complexity index is 437. The van der Waals surface area contributed by atoms with E-state index in [2.05, 4.69) is 0 Å². The van der Waals surface area contributed by atoms with Crippen LogP contribution in [-0.4, -0.2) is 5.78 Å². The summed E-state index contributed by atoms with van der Waals surface area (Å²) in [6.07, 6.45) is 4.51. The van der Waals surface area contributed by atoms with Crippen molar-refractivity contribution in [2.75, 3.05) is 5.73 Å². The number of Topliss-reactive ketones (excluding diaryl/α,β-unsaturated/α-hetero) is 1. The summed E-state index contributed by atoms with van der Waals surface area (Å²) in [5.41, 5.74) is 6.23. The summed E-state index contributed by atoms with van der Waals surface area (Å²) < 4.78 is 13.5. The quantitative estimate of drug-likeness (QED) is 0.595. The van der Waals surface area contributed by atoms with Gasteiger partial charge in [0.2, 0.25) is 0 Å². The van der Waals surface area contributed by atoms with Crippen LogP contribution in [0.3, 0.4) is 0 Å². The van der Waals surface area contributed by atoms with Crippen molar-refractivity contribution in [2.45, 2.75) is 19.3 Å². The molecule has 1 aromatic carbocycles. The van der Waals surface area contributed by atoms with E-state index in [0.29, 0.717) is 5.57 Å². The highest BCUT2D eigenvalue weighted by atomic mass is 19.1. The van der Waals surface area contributed by atoms with Crippen LogP contribution in [-0.2, 0) is 0 Å². The van der Waals surface area contributed by atoms with Crippen molar-refractivity contribution < 1.29 is 9.18 Å². The Balaban J connectivity index is 2.37. The number of allylic oxidation sites excluding steroid dienone is 2. The van der Waals surface area contributed by atoms with Gasteiger partial charge in [0.05, 0.1) is 11.3 Å². The van der Waals surface area contributed by atoms with E-state index < -0.39 is 5.82 Å². The van der Waals surface area contributed by atoms with Crippen molar-refractivity contribution in [3.05, 3.63) is 41.2 Å². The number of nitrogen functional groups attached to an aromatic ring is 1. The molecule has 0 saturated heterocycles. The monoisotopic (exact) mass is 205 g/mol.